The molecular weight excluding hydrogens is 210 g/mol. The number of hydrogen-bond acceptors (Lipinski definition) is 2. The van der Waals surface area contributed by atoms with Gasteiger partial charge in [-0.25, -0.2) is 0 Å². The number of benzene rings is 1. The number of fused-ring (bicyclic) bond motifs is 1. The summed E-state index contributed by atoms with van der Waals surface area (Å²) in [5.41, 5.74) is 8.12. The highest BCUT2D eigenvalue weighted by molar-refractivity contribution is 5.53. The molecule has 1 aliphatic rings. The van der Waals surface area contributed by atoms with Crippen LogP contribution in [-0.4, -0.2) is 6.10 Å². The van der Waals surface area contributed by atoms with Crippen molar-refractivity contribution in [1.82, 2.24) is 0 Å². The monoisotopic (exact) mass is 233 g/mol. The number of nitrogens with two attached hydrogens (primary N) is 1. The van der Waals surface area contributed by atoms with Crippen LogP contribution in [0.3, 0.4) is 0 Å². The molecule has 0 amide bonds. The number of hydrogen-bond donors (Lipinski definition) is 1. The zero-order chi connectivity index (χ0) is 12.5. The molecule has 1 aromatic rings. The molecule has 0 fully saturated rings. The van der Waals surface area contributed by atoms with Crippen LogP contribution in [0.15, 0.2) is 18.2 Å². The molecule has 0 aliphatic carbocycles. The van der Waals surface area contributed by atoms with Gasteiger partial charge in [-0.3, -0.25) is 0 Å². The summed E-state index contributed by atoms with van der Waals surface area (Å²) in [6.07, 6.45) is 4.95. The molecule has 1 aromatic carbocycles. The van der Waals surface area contributed by atoms with Crippen molar-refractivity contribution in [3.05, 3.63) is 23.8 Å². The number of rotatable bonds is 4. The van der Waals surface area contributed by atoms with E-state index in [2.05, 4.69) is 26.8 Å². The second-order valence-corrected chi connectivity index (χ2v) is 5.32. The lowest BCUT2D eigenvalue weighted by molar-refractivity contribution is 0.137. The van der Waals surface area contributed by atoms with E-state index in [4.69, 9.17) is 10.5 Å². The Morgan fingerprint density at radius 2 is 2.06 bits per heavy atom. The van der Waals surface area contributed by atoms with Gasteiger partial charge >= 0.3 is 0 Å². The molecule has 1 aliphatic heterocycles. The molecule has 0 bridgehead atoms. The van der Waals surface area contributed by atoms with E-state index in [0.717, 1.165) is 24.3 Å². The summed E-state index contributed by atoms with van der Waals surface area (Å²) in [6, 6.07) is 6.11. The summed E-state index contributed by atoms with van der Waals surface area (Å²) >= 11 is 0. The molecule has 2 atom stereocenters. The molecule has 0 saturated carbocycles. The summed E-state index contributed by atoms with van der Waals surface area (Å²) in [4.78, 5) is 0. The van der Waals surface area contributed by atoms with Crippen molar-refractivity contribution in [2.24, 2.45) is 0 Å². The fraction of sp³-hybridized carbons (Fsp3) is 0.600. The summed E-state index contributed by atoms with van der Waals surface area (Å²) in [7, 11) is 0. The first-order valence-electron chi connectivity index (χ1n) is 6.68. The van der Waals surface area contributed by atoms with E-state index in [1.807, 2.05) is 12.1 Å². The average molecular weight is 233 g/mol. The SMILES string of the molecule is CCCC1Oc2cc(N)ccc2C1(C)CCC. The zero-order valence-corrected chi connectivity index (χ0v) is 11.1. The highest BCUT2D eigenvalue weighted by Crippen LogP contribution is 2.47. The minimum atomic E-state index is 0.161. The Morgan fingerprint density at radius 1 is 1.29 bits per heavy atom. The standard InChI is InChI=1S/C15H23NO/c1-4-6-14-15(3,9-5-2)12-8-7-11(16)10-13(12)17-14/h7-8,10,14H,4-6,9,16H2,1-3H3. The lowest BCUT2D eigenvalue weighted by Gasteiger charge is -2.30. The summed E-state index contributed by atoms with van der Waals surface area (Å²) in [6.45, 7) is 6.79. The Hall–Kier alpha value is -1.18. The third-order valence-electron chi connectivity index (χ3n) is 3.92. The molecule has 2 unspecified atom stereocenters. The Labute approximate surface area is 104 Å². The molecule has 0 spiro atoms. The fourth-order valence-corrected chi connectivity index (χ4v) is 3.02. The minimum absolute atomic E-state index is 0.161. The fourth-order valence-electron chi connectivity index (χ4n) is 3.02. The lowest BCUT2D eigenvalue weighted by Crippen LogP contribution is -2.35. The first-order chi connectivity index (χ1) is 8.11. The van der Waals surface area contributed by atoms with E-state index in [1.54, 1.807) is 0 Å². The van der Waals surface area contributed by atoms with Crippen LogP contribution in [0.2, 0.25) is 0 Å². The molecule has 2 nitrogen and oxygen atoms in total. The minimum Gasteiger partial charge on any atom is -0.489 e. The second-order valence-electron chi connectivity index (χ2n) is 5.32. The van der Waals surface area contributed by atoms with Crippen molar-refractivity contribution in [2.75, 3.05) is 5.73 Å². The van der Waals surface area contributed by atoms with Crippen LogP contribution < -0.4 is 10.5 Å². The van der Waals surface area contributed by atoms with Crippen molar-refractivity contribution >= 4 is 5.69 Å². The van der Waals surface area contributed by atoms with Gasteiger partial charge in [0.1, 0.15) is 11.9 Å². The first-order valence-corrected chi connectivity index (χ1v) is 6.68. The van der Waals surface area contributed by atoms with E-state index in [-0.39, 0.29) is 5.41 Å². The van der Waals surface area contributed by atoms with Crippen molar-refractivity contribution in [2.45, 2.75) is 58.0 Å². The molecule has 0 radical (unpaired) electrons. The van der Waals surface area contributed by atoms with E-state index >= 15 is 0 Å². The van der Waals surface area contributed by atoms with Crippen molar-refractivity contribution in [1.29, 1.82) is 0 Å². The predicted molar refractivity (Wildman–Crippen MR) is 72.4 cm³/mol. The molecule has 2 N–H and O–H groups in total. The Balaban J connectivity index is 2.39. The van der Waals surface area contributed by atoms with Crippen LogP contribution in [0.25, 0.3) is 0 Å². The number of ether oxygens (including phenoxy) is 1. The molecule has 2 rings (SSSR count). The van der Waals surface area contributed by atoms with E-state index < -0.39 is 0 Å². The van der Waals surface area contributed by atoms with Gasteiger partial charge in [0.2, 0.25) is 0 Å². The van der Waals surface area contributed by atoms with Gasteiger partial charge in [0.15, 0.2) is 0 Å². The average Bonchev–Trinajstić information content (AvgIpc) is 2.53. The van der Waals surface area contributed by atoms with Gasteiger partial charge in [-0.1, -0.05) is 39.7 Å². The molecule has 94 valence electrons. The third kappa shape index (κ3) is 2.01. The topological polar surface area (TPSA) is 35.2 Å². The highest BCUT2D eigenvalue weighted by atomic mass is 16.5. The third-order valence-corrected chi connectivity index (χ3v) is 3.92. The quantitative estimate of drug-likeness (QED) is 0.801. The van der Waals surface area contributed by atoms with Crippen molar-refractivity contribution < 1.29 is 4.74 Å². The van der Waals surface area contributed by atoms with E-state index in [1.165, 1.54) is 18.4 Å². The number of nitrogen functional groups attached to an aromatic ring is 1. The maximum atomic E-state index is 6.12. The van der Waals surface area contributed by atoms with Crippen LogP contribution in [-0.2, 0) is 5.41 Å². The molecular formula is C15H23NO. The second kappa shape index (κ2) is 4.59. The van der Waals surface area contributed by atoms with Crippen LogP contribution in [0.4, 0.5) is 5.69 Å². The van der Waals surface area contributed by atoms with Gasteiger partial charge in [-0.05, 0) is 18.9 Å². The summed E-state index contributed by atoms with van der Waals surface area (Å²) in [5, 5.41) is 0. The van der Waals surface area contributed by atoms with Gasteiger partial charge in [-0.2, -0.15) is 0 Å². The highest BCUT2D eigenvalue weighted by Gasteiger charge is 2.43. The van der Waals surface area contributed by atoms with E-state index in [0.29, 0.717) is 6.10 Å². The van der Waals surface area contributed by atoms with Gasteiger partial charge in [0, 0.05) is 22.7 Å². The van der Waals surface area contributed by atoms with Crippen molar-refractivity contribution in [3.8, 4) is 5.75 Å². The summed E-state index contributed by atoms with van der Waals surface area (Å²) in [5.74, 6) is 0.999. The molecule has 0 saturated heterocycles. The normalized spacial score (nSPS) is 26.6. The number of anilines is 1. The maximum absolute atomic E-state index is 6.12. The Kier molecular flexibility index (Phi) is 3.32. The smallest absolute Gasteiger partial charge is 0.125 e. The Morgan fingerprint density at radius 3 is 2.71 bits per heavy atom. The maximum Gasteiger partial charge on any atom is 0.125 e. The molecule has 17 heavy (non-hydrogen) atoms. The van der Waals surface area contributed by atoms with Gasteiger partial charge < -0.3 is 10.5 Å². The lowest BCUT2D eigenvalue weighted by atomic mass is 9.74. The largest absolute Gasteiger partial charge is 0.489 e. The van der Waals surface area contributed by atoms with Gasteiger partial charge in [-0.15, -0.1) is 0 Å². The van der Waals surface area contributed by atoms with E-state index in [9.17, 15) is 0 Å². The van der Waals surface area contributed by atoms with Crippen LogP contribution >= 0.6 is 0 Å². The molecule has 1 heterocycles. The summed E-state index contributed by atoms with van der Waals surface area (Å²) < 4.78 is 6.12. The van der Waals surface area contributed by atoms with Crippen LogP contribution in [0.5, 0.6) is 5.75 Å². The Bertz CT molecular complexity index is 402. The van der Waals surface area contributed by atoms with Crippen LogP contribution in [0.1, 0.15) is 52.0 Å². The van der Waals surface area contributed by atoms with Gasteiger partial charge in [0.05, 0.1) is 0 Å². The van der Waals surface area contributed by atoms with Crippen molar-refractivity contribution in [3.63, 3.8) is 0 Å². The molecule has 0 aromatic heterocycles. The predicted octanol–water partition coefficient (Wildman–Crippen LogP) is 3.89. The zero-order valence-electron chi connectivity index (χ0n) is 11.1. The first kappa shape index (κ1) is 12.3. The van der Waals surface area contributed by atoms with Gasteiger partial charge in [0.25, 0.3) is 0 Å². The van der Waals surface area contributed by atoms with Crippen LogP contribution in [0, 0.1) is 0 Å². The molecule has 2 heteroatoms.